The van der Waals surface area contributed by atoms with Gasteiger partial charge in [0, 0.05) is 21.3 Å². The van der Waals surface area contributed by atoms with E-state index in [-0.39, 0.29) is 0 Å². The molecule has 12 rings (SSSR count). The van der Waals surface area contributed by atoms with Gasteiger partial charge in [-0.15, -0.1) is 0 Å². The van der Waals surface area contributed by atoms with E-state index < -0.39 is 0 Å². The maximum atomic E-state index is 5.81. The fraction of sp³-hybridized carbons (Fsp3) is 1.00. The zero-order chi connectivity index (χ0) is 64.9. The Kier molecular flexibility index (Phi) is 24.0. The predicted octanol–water partition coefficient (Wildman–Crippen LogP) is 25.3. The van der Waals surface area contributed by atoms with Crippen molar-refractivity contribution < 1.29 is 14.2 Å². The lowest BCUT2D eigenvalue weighted by molar-refractivity contribution is -0.133. The molecule has 0 heterocycles. The molecule has 0 saturated heterocycles. The molecule has 90 heavy (non-hydrogen) atoms. The molecule has 12 aliphatic rings. The molecule has 0 N–H and O–H groups in total. The molecule has 0 radical (unpaired) electrons. The Morgan fingerprint density at radius 2 is 0.644 bits per heavy atom. The van der Waals surface area contributed by atoms with Crippen LogP contribution < -0.4 is 0 Å². The summed E-state index contributed by atoms with van der Waals surface area (Å²) in [5.41, 5.74) is 3.73. The average molecular weight is 1250 g/mol. The minimum absolute atomic E-state index is 0.540. The molecule has 0 aromatic heterocycles. The summed E-state index contributed by atoms with van der Waals surface area (Å²) in [7, 11) is 5.81. The van der Waals surface area contributed by atoms with Crippen molar-refractivity contribution in [2.45, 2.75) is 361 Å². The molecule has 0 aromatic rings. The van der Waals surface area contributed by atoms with Crippen molar-refractivity contribution in [1.82, 2.24) is 0 Å². The van der Waals surface area contributed by atoms with E-state index in [1.807, 2.05) is 21.3 Å². The Balaban J connectivity index is 0.000000149. The molecule has 0 aromatic carbocycles. The highest BCUT2D eigenvalue weighted by Crippen LogP contribution is 2.72. The zero-order valence-electron chi connectivity index (χ0n) is 64.0. The molecule has 12 saturated carbocycles. The van der Waals surface area contributed by atoms with Gasteiger partial charge in [0.05, 0.1) is 18.3 Å². The summed E-state index contributed by atoms with van der Waals surface area (Å²) in [6.45, 7) is 43.5. The van der Waals surface area contributed by atoms with Crippen LogP contribution in [-0.2, 0) is 14.2 Å². The van der Waals surface area contributed by atoms with Crippen LogP contribution in [0.5, 0.6) is 0 Å². The summed E-state index contributed by atoms with van der Waals surface area (Å²) in [5.74, 6) is 22.0. The molecule has 522 valence electrons. The lowest BCUT2D eigenvalue weighted by Crippen LogP contribution is -2.54. The molecule has 12 fully saturated rings. The van der Waals surface area contributed by atoms with E-state index in [0.717, 1.165) is 136 Å². The monoisotopic (exact) mass is 1250 g/mol. The SMILES string of the molecule is CC[C@@H](CC[C@@H](C)[C@H]1CC[C@H]2[C@@H]3CCC4C[C@@H](OC)CC[C@]4(C)[C@H]3CC[C@]12C)C(C)C.CO[C@H]1CC[C@@]2(C)C(CC[C@H]3[C@@H]4CC[C@H]([C@H](C)CCCC(C)C)[C@@]4(C)CC[C@@H]32)C1.CO[C@H]1CC[C@@]2(C)C(CC[C@H]3[C@@H]4CC[C@H]([C@H](C)CC[C@@H](C)C(C)C)[C@@]4(C)CC[C@@H]32)C1. The molecule has 0 aliphatic heterocycles. The van der Waals surface area contributed by atoms with Crippen molar-refractivity contribution in [2.24, 2.45) is 169 Å². The quantitative estimate of drug-likeness (QED) is 0.129. The first-order chi connectivity index (χ1) is 42.7. The molecular weight excluding hydrogens is 1090 g/mol. The van der Waals surface area contributed by atoms with Crippen LogP contribution in [0.25, 0.3) is 0 Å². The molecule has 0 amide bonds. The van der Waals surface area contributed by atoms with Crippen molar-refractivity contribution in [3.05, 3.63) is 0 Å². The van der Waals surface area contributed by atoms with Gasteiger partial charge in [0.15, 0.2) is 0 Å². The third kappa shape index (κ3) is 14.0. The van der Waals surface area contributed by atoms with E-state index >= 15 is 0 Å². The number of hydrogen-bond acceptors (Lipinski definition) is 3. The topological polar surface area (TPSA) is 27.7 Å². The highest BCUT2D eigenvalue weighted by Gasteiger charge is 2.64. The van der Waals surface area contributed by atoms with E-state index in [1.165, 1.54) is 225 Å². The fourth-order valence-electron chi connectivity index (χ4n) is 29.0. The molecule has 3 nitrogen and oxygen atoms in total. The molecule has 12 aliphatic carbocycles. The van der Waals surface area contributed by atoms with Crippen molar-refractivity contribution in [1.29, 1.82) is 0 Å². The molecule has 3 unspecified atom stereocenters. The van der Waals surface area contributed by atoms with Crippen molar-refractivity contribution in [2.75, 3.05) is 21.3 Å². The second-order valence-electron chi connectivity index (χ2n) is 39.6. The van der Waals surface area contributed by atoms with Gasteiger partial charge in [-0.3, -0.25) is 0 Å². The van der Waals surface area contributed by atoms with E-state index in [1.54, 1.807) is 0 Å². The van der Waals surface area contributed by atoms with Crippen LogP contribution in [0.15, 0.2) is 0 Å². The van der Waals surface area contributed by atoms with Gasteiger partial charge in [-0.25, -0.2) is 0 Å². The number of methoxy groups -OCH3 is 3. The first kappa shape index (κ1) is 72.6. The summed E-state index contributed by atoms with van der Waals surface area (Å²) in [4.78, 5) is 0. The summed E-state index contributed by atoms with van der Waals surface area (Å²) in [6.07, 6.45) is 52.7. The Labute approximate surface area is 561 Å². The van der Waals surface area contributed by atoms with Crippen LogP contribution in [0.2, 0.25) is 0 Å². The van der Waals surface area contributed by atoms with Crippen molar-refractivity contribution >= 4 is 0 Å². The Morgan fingerprint density at radius 1 is 0.322 bits per heavy atom. The van der Waals surface area contributed by atoms with Gasteiger partial charge in [-0.1, -0.05) is 163 Å². The summed E-state index contributed by atoms with van der Waals surface area (Å²) in [5, 5.41) is 0. The standard InChI is InChI=1S/C30H54O.C29H52O.C28H50O/c1-8-22(20(2)3)10-9-21(4)26-13-14-27-25-12-11-23-19-24(31-7)15-17-29(23,5)28(25)16-18-30(26,27)6;1-19(2)20(3)8-9-21(4)25-12-13-26-24-11-10-22-18-23(30-7)14-16-28(22,5)27(24)15-17-29(25,26)6;1-19(2)8-7-9-20(3)24-12-13-25-23-11-10-21-18-22(29-6)14-16-27(21,4)26(23)15-17-28(24,25)5/h20-28H,8-19H2,1-7H3;19-27H,8-18H2,1-7H3;19-26H,7-18H2,1-6H3/t21-,22+,23?,24+,25+,26-,27+,28+,29+,30-;20-,21-,22?,23+,24+,25-,26+,27+,28+,29-;20-,21?,22+,23+,24-,25+,26+,27+,28-/m111/s1. The van der Waals surface area contributed by atoms with Gasteiger partial charge in [-0.05, 0) is 348 Å². The van der Waals surface area contributed by atoms with E-state index in [2.05, 4.69) is 118 Å². The van der Waals surface area contributed by atoms with Crippen LogP contribution in [-0.4, -0.2) is 39.6 Å². The molecule has 0 spiro atoms. The van der Waals surface area contributed by atoms with Crippen LogP contribution >= 0.6 is 0 Å². The minimum Gasteiger partial charge on any atom is -0.381 e. The highest BCUT2D eigenvalue weighted by molar-refractivity contribution is 5.13. The fourth-order valence-corrected chi connectivity index (χ4v) is 29.0. The largest absolute Gasteiger partial charge is 0.381 e. The Bertz CT molecular complexity index is 2220. The molecule has 0 bridgehead atoms. The van der Waals surface area contributed by atoms with Crippen LogP contribution in [0.4, 0.5) is 0 Å². The normalized spacial score (nSPS) is 47.6. The van der Waals surface area contributed by atoms with Gasteiger partial charge in [0.1, 0.15) is 0 Å². The number of ether oxygens (including phenoxy) is 3. The predicted molar refractivity (Wildman–Crippen MR) is 385 cm³/mol. The summed E-state index contributed by atoms with van der Waals surface area (Å²) in [6, 6.07) is 0. The van der Waals surface area contributed by atoms with Crippen molar-refractivity contribution in [3.63, 3.8) is 0 Å². The van der Waals surface area contributed by atoms with E-state index in [9.17, 15) is 0 Å². The lowest BCUT2D eigenvalue weighted by atomic mass is 9.44. The van der Waals surface area contributed by atoms with Crippen LogP contribution in [0.3, 0.4) is 0 Å². The maximum Gasteiger partial charge on any atom is 0.0574 e. The number of rotatable bonds is 19. The van der Waals surface area contributed by atoms with Gasteiger partial charge < -0.3 is 14.2 Å². The first-order valence-electron chi connectivity index (χ1n) is 41.3. The third-order valence-corrected chi connectivity index (χ3v) is 35.2. The molecule has 3 heteroatoms. The van der Waals surface area contributed by atoms with Crippen LogP contribution in [0, 0.1) is 169 Å². The highest BCUT2D eigenvalue weighted by atomic mass is 16.5. The third-order valence-electron chi connectivity index (χ3n) is 35.2. The molecular formula is C87H156O3. The van der Waals surface area contributed by atoms with Gasteiger partial charge >= 0.3 is 0 Å². The smallest absolute Gasteiger partial charge is 0.0574 e. The van der Waals surface area contributed by atoms with Crippen molar-refractivity contribution in [3.8, 4) is 0 Å². The lowest BCUT2D eigenvalue weighted by Gasteiger charge is -2.61. The average Bonchev–Trinajstić information content (AvgIpc) is 1.37. The van der Waals surface area contributed by atoms with Gasteiger partial charge in [0.25, 0.3) is 0 Å². The Hall–Kier alpha value is -0.120. The number of hydrogen-bond donors (Lipinski definition) is 0. The minimum atomic E-state index is 0.540. The zero-order valence-corrected chi connectivity index (χ0v) is 64.0. The summed E-state index contributed by atoms with van der Waals surface area (Å²) < 4.78 is 17.4. The number of fused-ring (bicyclic) bond motifs is 15. The van der Waals surface area contributed by atoms with Gasteiger partial charge in [-0.2, -0.15) is 0 Å². The molecule has 29 atom stereocenters. The van der Waals surface area contributed by atoms with E-state index in [0.29, 0.717) is 50.8 Å². The maximum absolute atomic E-state index is 5.81. The second kappa shape index (κ2) is 29.8. The summed E-state index contributed by atoms with van der Waals surface area (Å²) >= 11 is 0. The second-order valence-corrected chi connectivity index (χ2v) is 39.6. The first-order valence-corrected chi connectivity index (χ1v) is 41.3. The van der Waals surface area contributed by atoms with Gasteiger partial charge in [0.2, 0.25) is 0 Å². The van der Waals surface area contributed by atoms with Crippen LogP contribution in [0.1, 0.15) is 342 Å². The van der Waals surface area contributed by atoms with E-state index in [4.69, 9.17) is 14.2 Å². The Morgan fingerprint density at radius 3 is 0.956 bits per heavy atom.